The van der Waals surface area contributed by atoms with Gasteiger partial charge in [-0.25, -0.2) is 4.79 Å². The zero-order valence-electron chi connectivity index (χ0n) is 22.1. The van der Waals surface area contributed by atoms with Gasteiger partial charge in [-0.2, -0.15) is 0 Å². The van der Waals surface area contributed by atoms with E-state index >= 15 is 0 Å². The van der Waals surface area contributed by atoms with Crippen LogP contribution in [-0.2, 0) is 33.4 Å². The van der Waals surface area contributed by atoms with Crippen molar-refractivity contribution in [1.82, 2.24) is 5.32 Å². The van der Waals surface area contributed by atoms with Gasteiger partial charge in [-0.1, -0.05) is 50.2 Å². The minimum absolute atomic E-state index is 0.0213. The van der Waals surface area contributed by atoms with Gasteiger partial charge in [-0.05, 0) is 24.6 Å². The Balaban J connectivity index is 1.87. The molecule has 0 radical (unpaired) electrons. The van der Waals surface area contributed by atoms with E-state index in [0.29, 0.717) is 5.56 Å². The topological polar surface area (TPSA) is 157 Å². The number of amides is 2. The highest BCUT2D eigenvalue weighted by Crippen LogP contribution is 2.30. The van der Waals surface area contributed by atoms with Gasteiger partial charge in [-0.3, -0.25) is 19.2 Å². The van der Waals surface area contributed by atoms with Crippen molar-refractivity contribution in [2.75, 3.05) is 11.9 Å². The van der Waals surface area contributed by atoms with E-state index in [2.05, 4.69) is 10.6 Å². The second-order valence-electron chi connectivity index (χ2n) is 9.45. The molecule has 3 N–H and O–H groups in total. The second kappa shape index (κ2) is 12.9. The number of ether oxygens (including phenoxy) is 3. The Hall–Kier alpha value is -4.41. The number of phenols is 1. The standard InChI is InChI=1S/C28H32N2O9/c1-15(2)26(34)39-24-16(3)38-27(35)21(13-14-37-28(36)22(24)18-9-6-5-7-10-18)30-25(33)19-11-8-12-20(23(19)32)29-17(4)31/h5-12,15-16,21-22,24,32H,13-14H2,1-4H3,(H,29,31)(H,30,33)/t16-,21?,22?,24+/m1/s1. The van der Waals surface area contributed by atoms with E-state index in [1.807, 2.05) is 0 Å². The monoisotopic (exact) mass is 540 g/mol. The fraction of sp³-hybridized carbons (Fsp3) is 0.393. The lowest BCUT2D eigenvalue weighted by Gasteiger charge is -2.33. The molecule has 0 aliphatic carbocycles. The molecule has 39 heavy (non-hydrogen) atoms. The molecule has 2 amide bonds. The zero-order valence-corrected chi connectivity index (χ0v) is 22.1. The van der Waals surface area contributed by atoms with E-state index in [1.165, 1.54) is 32.0 Å². The highest BCUT2D eigenvalue weighted by atomic mass is 16.6. The lowest BCUT2D eigenvalue weighted by atomic mass is 9.90. The Labute approximate surface area is 225 Å². The SMILES string of the molecule is CC(=O)Nc1cccc(C(=O)NC2CCOC(=O)C(c3ccccc3)[C@@H](OC(=O)C(C)C)[C@@H](C)OC2=O)c1O. The summed E-state index contributed by atoms with van der Waals surface area (Å²) >= 11 is 0. The molecule has 1 aliphatic heterocycles. The molecule has 2 unspecified atom stereocenters. The number of aromatic hydroxyl groups is 1. The number of para-hydroxylation sites is 1. The summed E-state index contributed by atoms with van der Waals surface area (Å²) in [5, 5.41) is 15.4. The predicted octanol–water partition coefficient (Wildman–Crippen LogP) is 2.68. The van der Waals surface area contributed by atoms with Crippen LogP contribution in [0.5, 0.6) is 5.75 Å². The molecule has 11 heteroatoms. The number of nitrogens with one attached hydrogen (secondary N) is 2. The quantitative estimate of drug-likeness (QED) is 0.285. The number of hydrogen-bond donors (Lipinski definition) is 3. The normalized spacial score (nSPS) is 21.8. The first-order chi connectivity index (χ1) is 18.5. The van der Waals surface area contributed by atoms with Crippen LogP contribution in [0.25, 0.3) is 0 Å². The molecule has 11 nitrogen and oxygen atoms in total. The van der Waals surface area contributed by atoms with Crippen LogP contribution < -0.4 is 10.6 Å². The second-order valence-corrected chi connectivity index (χ2v) is 9.45. The van der Waals surface area contributed by atoms with Gasteiger partial charge in [0.25, 0.3) is 5.91 Å². The summed E-state index contributed by atoms with van der Waals surface area (Å²) in [6, 6.07) is 11.5. The van der Waals surface area contributed by atoms with Gasteiger partial charge in [0.05, 0.1) is 23.8 Å². The first-order valence-electron chi connectivity index (χ1n) is 12.5. The number of esters is 3. The van der Waals surface area contributed by atoms with E-state index in [-0.39, 0.29) is 24.3 Å². The zero-order chi connectivity index (χ0) is 28.7. The van der Waals surface area contributed by atoms with Crippen molar-refractivity contribution in [1.29, 1.82) is 0 Å². The molecule has 0 saturated carbocycles. The fourth-order valence-electron chi connectivity index (χ4n) is 4.03. The van der Waals surface area contributed by atoms with Gasteiger partial charge < -0.3 is 30.0 Å². The Bertz CT molecular complexity index is 1230. The number of cyclic esters (lactones) is 2. The molecular weight excluding hydrogens is 508 g/mol. The summed E-state index contributed by atoms with van der Waals surface area (Å²) in [6.07, 6.45) is -2.41. The van der Waals surface area contributed by atoms with Crippen LogP contribution in [-0.4, -0.2) is 59.7 Å². The molecule has 1 fully saturated rings. The fourth-order valence-corrected chi connectivity index (χ4v) is 4.03. The number of rotatable bonds is 6. The van der Waals surface area contributed by atoms with Gasteiger partial charge in [0.15, 0.2) is 11.9 Å². The van der Waals surface area contributed by atoms with Gasteiger partial charge in [0.1, 0.15) is 18.1 Å². The number of carbonyl (C=O) groups excluding carboxylic acids is 5. The Morgan fingerprint density at radius 2 is 1.72 bits per heavy atom. The average Bonchev–Trinajstić information content (AvgIpc) is 2.88. The third kappa shape index (κ3) is 7.34. The molecule has 0 aromatic heterocycles. The number of carbonyl (C=O) groups is 5. The summed E-state index contributed by atoms with van der Waals surface area (Å²) in [6.45, 7) is 5.76. The Morgan fingerprint density at radius 3 is 2.36 bits per heavy atom. The van der Waals surface area contributed by atoms with Crippen LogP contribution in [0.4, 0.5) is 5.69 Å². The summed E-state index contributed by atoms with van der Waals surface area (Å²) in [5.41, 5.74) is 0.351. The lowest BCUT2D eigenvalue weighted by molar-refractivity contribution is -0.178. The Kier molecular flexibility index (Phi) is 9.64. The van der Waals surface area contributed by atoms with Gasteiger partial charge in [-0.15, -0.1) is 0 Å². The molecule has 2 aromatic rings. The molecule has 4 atom stereocenters. The first-order valence-corrected chi connectivity index (χ1v) is 12.5. The highest BCUT2D eigenvalue weighted by molar-refractivity contribution is 6.02. The number of benzene rings is 2. The van der Waals surface area contributed by atoms with Crippen LogP contribution >= 0.6 is 0 Å². The maximum absolute atomic E-state index is 13.2. The van der Waals surface area contributed by atoms with E-state index < -0.39 is 65.6 Å². The van der Waals surface area contributed by atoms with Crippen LogP contribution in [0.15, 0.2) is 48.5 Å². The smallest absolute Gasteiger partial charge is 0.329 e. The van der Waals surface area contributed by atoms with Crippen molar-refractivity contribution >= 4 is 35.4 Å². The van der Waals surface area contributed by atoms with Crippen LogP contribution in [0, 0.1) is 5.92 Å². The lowest BCUT2D eigenvalue weighted by Crippen LogP contribution is -2.48. The van der Waals surface area contributed by atoms with Crippen molar-refractivity contribution < 1.29 is 43.3 Å². The maximum Gasteiger partial charge on any atom is 0.329 e. The van der Waals surface area contributed by atoms with Crippen LogP contribution in [0.1, 0.15) is 56.0 Å². The van der Waals surface area contributed by atoms with Crippen molar-refractivity contribution in [2.24, 2.45) is 5.92 Å². The predicted molar refractivity (Wildman–Crippen MR) is 139 cm³/mol. The molecule has 0 spiro atoms. The summed E-state index contributed by atoms with van der Waals surface area (Å²) in [4.78, 5) is 63.3. The number of phenolic OH excluding ortho intramolecular Hbond substituents is 1. The molecule has 0 bridgehead atoms. The largest absolute Gasteiger partial charge is 0.505 e. The van der Waals surface area contributed by atoms with Crippen LogP contribution in [0.2, 0.25) is 0 Å². The minimum Gasteiger partial charge on any atom is -0.505 e. The minimum atomic E-state index is -1.26. The average molecular weight is 541 g/mol. The van der Waals surface area contributed by atoms with E-state index in [0.717, 1.165) is 0 Å². The molecule has 1 saturated heterocycles. The molecule has 208 valence electrons. The first kappa shape index (κ1) is 29.2. The highest BCUT2D eigenvalue weighted by Gasteiger charge is 2.42. The van der Waals surface area contributed by atoms with E-state index in [9.17, 15) is 29.1 Å². The number of hydrogen-bond acceptors (Lipinski definition) is 9. The van der Waals surface area contributed by atoms with E-state index in [1.54, 1.807) is 44.2 Å². The summed E-state index contributed by atoms with van der Waals surface area (Å²) in [7, 11) is 0. The van der Waals surface area contributed by atoms with Gasteiger partial charge in [0, 0.05) is 13.3 Å². The molecule has 1 aliphatic rings. The Morgan fingerprint density at radius 1 is 1.03 bits per heavy atom. The van der Waals surface area contributed by atoms with Crippen molar-refractivity contribution in [2.45, 2.75) is 58.3 Å². The molecule has 2 aromatic carbocycles. The summed E-state index contributed by atoms with van der Waals surface area (Å²) in [5.74, 6) is -5.43. The van der Waals surface area contributed by atoms with Crippen molar-refractivity contribution in [3.8, 4) is 5.75 Å². The van der Waals surface area contributed by atoms with Gasteiger partial charge in [0.2, 0.25) is 5.91 Å². The maximum atomic E-state index is 13.2. The van der Waals surface area contributed by atoms with Crippen molar-refractivity contribution in [3.05, 3.63) is 59.7 Å². The third-order valence-electron chi connectivity index (χ3n) is 6.06. The summed E-state index contributed by atoms with van der Waals surface area (Å²) < 4.78 is 16.7. The van der Waals surface area contributed by atoms with E-state index in [4.69, 9.17) is 14.2 Å². The number of anilines is 1. The molecule has 3 rings (SSSR count). The van der Waals surface area contributed by atoms with Crippen molar-refractivity contribution in [3.63, 3.8) is 0 Å². The molecular formula is C28H32N2O9. The van der Waals surface area contributed by atoms with Crippen LogP contribution in [0.3, 0.4) is 0 Å². The molecule has 1 heterocycles. The van der Waals surface area contributed by atoms with Gasteiger partial charge >= 0.3 is 17.9 Å². The third-order valence-corrected chi connectivity index (χ3v) is 6.06.